The Hall–Kier alpha value is -1.23. The first-order valence-corrected chi connectivity index (χ1v) is 6.58. The molecule has 0 unspecified atom stereocenters. The van der Waals surface area contributed by atoms with Gasteiger partial charge < -0.3 is 5.73 Å². The van der Waals surface area contributed by atoms with Gasteiger partial charge in [-0.3, -0.25) is 4.90 Å². The van der Waals surface area contributed by atoms with Gasteiger partial charge in [-0.15, -0.1) is 0 Å². The van der Waals surface area contributed by atoms with Crippen molar-refractivity contribution in [1.29, 1.82) is 0 Å². The third-order valence-electron chi connectivity index (χ3n) is 3.49. The van der Waals surface area contributed by atoms with Crippen LogP contribution in [-0.4, -0.2) is 18.0 Å². The van der Waals surface area contributed by atoms with Crippen molar-refractivity contribution in [3.05, 3.63) is 29.3 Å². The summed E-state index contributed by atoms with van der Waals surface area (Å²) in [6.07, 6.45) is -1.95. The zero-order chi connectivity index (χ0) is 14.0. The van der Waals surface area contributed by atoms with Gasteiger partial charge in [-0.05, 0) is 43.0 Å². The van der Waals surface area contributed by atoms with Crippen LogP contribution in [0.3, 0.4) is 0 Å². The van der Waals surface area contributed by atoms with Crippen LogP contribution in [-0.2, 0) is 12.7 Å². The molecule has 0 heterocycles. The second-order valence-corrected chi connectivity index (χ2v) is 5.19. The minimum absolute atomic E-state index is 0.154. The van der Waals surface area contributed by atoms with E-state index in [-0.39, 0.29) is 5.69 Å². The van der Waals surface area contributed by atoms with Gasteiger partial charge in [0.15, 0.2) is 0 Å². The third kappa shape index (κ3) is 3.86. The zero-order valence-electron chi connectivity index (χ0n) is 11.0. The monoisotopic (exact) mass is 272 g/mol. The fourth-order valence-corrected chi connectivity index (χ4v) is 2.21. The van der Waals surface area contributed by atoms with Crippen LogP contribution in [0.5, 0.6) is 0 Å². The van der Waals surface area contributed by atoms with Crippen LogP contribution in [0.2, 0.25) is 0 Å². The van der Waals surface area contributed by atoms with Gasteiger partial charge in [0.1, 0.15) is 0 Å². The summed E-state index contributed by atoms with van der Waals surface area (Å²) in [6.45, 7) is 3.96. The van der Waals surface area contributed by atoms with E-state index in [0.717, 1.165) is 19.2 Å². The number of alkyl halides is 3. The van der Waals surface area contributed by atoms with E-state index in [1.165, 1.54) is 25.0 Å². The molecule has 0 atom stereocenters. The maximum Gasteiger partial charge on any atom is 0.416 e. The van der Waals surface area contributed by atoms with E-state index in [1.807, 2.05) is 6.92 Å². The maximum atomic E-state index is 13.0. The SMILES string of the molecule is CCN(Cc1ccc(N)cc1C(F)(F)F)CC1CC1. The highest BCUT2D eigenvalue weighted by molar-refractivity contribution is 5.46. The summed E-state index contributed by atoms with van der Waals surface area (Å²) >= 11 is 0. The Morgan fingerprint density at radius 2 is 2.00 bits per heavy atom. The Morgan fingerprint density at radius 3 is 2.53 bits per heavy atom. The van der Waals surface area contributed by atoms with Crippen LogP contribution in [0, 0.1) is 5.92 Å². The lowest BCUT2D eigenvalue weighted by Crippen LogP contribution is -2.26. The molecule has 1 aliphatic rings. The van der Waals surface area contributed by atoms with Crippen molar-refractivity contribution in [3.63, 3.8) is 0 Å². The fourth-order valence-electron chi connectivity index (χ4n) is 2.21. The molecule has 19 heavy (non-hydrogen) atoms. The van der Waals surface area contributed by atoms with Gasteiger partial charge in [0.05, 0.1) is 5.56 Å². The highest BCUT2D eigenvalue weighted by Gasteiger charge is 2.34. The molecule has 0 aromatic heterocycles. The van der Waals surface area contributed by atoms with Crippen LogP contribution in [0.1, 0.15) is 30.9 Å². The van der Waals surface area contributed by atoms with Gasteiger partial charge in [0.2, 0.25) is 0 Å². The molecule has 1 saturated carbocycles. The lowest BCUT2D eigenvalue weighted by molar-refractivity contribution is -0.138. The van der Waals surface area contributed by atoms with Crippen molar-refractivity contribution >= 4 is 5.69 Å². The lowest BCUT2D eigenvalue weighted by Gasteiger charge is -2.22. The molecule has 1 fully saturated rings. The van der Waals surface area contributed by atoms with E-state index in [0.29, 0.717) is 18.0 Å². The molecule has 5 heteroatoms. The molecule has 106 valence electrons. The van der Waals surface area contributed by atoms with Gasteiger partial charge in [0.25, 0.3) is 0 Å². The predicted molar refractivity (Wildman–Crippen MR) is 69.5 cm³/mol. The molecule has 0 spiro atoms. The maximum absolute atomic E-state index is 13.0. The second kappa shape index (κ2) is 5.41. The number of hydrogen-bond acceptors (Lipinski definition) is 2. The summed E-state index contributed by atoms with van der Waals surface area (Å²) in [4.78, 5) is 2.07. The Labute approximate surface area is 111 Å². The lowest BCUT2D eigenvalue weighted by atomic mass is 10.1. The summed E-state index contributed by atoms with van der Waals surface area (Å²) in [5.41, 5.74) is 5.32. The van der Waals surface area contributed by atoms with Gasteiger partial charge in [-0.25, -0.2) is 0 Å². The minimum Gasteiger partial charge on any atom is -0.399 e. The summed E-state index contributed by atoms with van der Waals surface area (Å²) in [5, 5.41) is 0. The van der Waals surface area contributed by atoms with E-state index in [2.05, 4.69) is 4.90 Å². The smallest absolute Gasteiger partial charge is 0.399 e. The number of halogens is 3. The molecule has 0 aliphatic heterocycles. The van der Waals surface area contributed by atoms with Gasteiger partial charge in [0, 0.05) is 18.8 Å². The molecule has 0 saturated heterocycles. The van der Waals surface area contributed by atoms with E-state index in [4.69, 9.17) is 5.73 Å². The standard InChI is InChI=1S/C14H19F3N2/c1-2-19(8-10-3-4-10)9-11-5-6-12(18)7-13(11)14(15,16)17/h5-7,10H,2-4,8-9,18H2,1H3. The first kappa shape index (κ1) is 14.2. The molecular formula is C14H19F3N2. The van der Waals surface area contributed by atoms with Crippen LogP contribution in [0.15, 0.2) is 18.2 Å². The van der Waals surface area contributed by atoms with Crippen molar-refractivity contribution in [2.24, 2.45) is 5.92 Å². The Bertz CT molecular complexity index is 439. The third-order valence-corrected chi connectivity index (χ3v) is 3.49. The molecule has 2 nitrogen and oxygen atoms in total. The van der Waals surface area contributed by atoms with Crippen molar-refractivity contribution in [1.82, 2.24) is 4.90 Å². The number of nitrogens with zero attached hydrogens (tertiary/aromatic N) is 1. The minimum atomic E-state index is -4.34. The summed E-state index contributed by atoms with van der Waals surface area (Å²) < 4.78 is 39.0. The largest absolute Gasteiger partial charge is 0.416 e. The first-order chi connectivity index (χ1) is 8.90. The van der Waals surface area contributed by atoms with E-state index >= 15 is 0 Å². The molecule has 1 aromatic rings. The molecule has 0 amide bonds. The topological polar surface area (TPSA) is 29.3 Å². The van der Waals surface area contributed by atoms with E-state index in [1.54, 1.807) is 0 Å². The quantitative estimate of drug-likeness (QED) is 0.831. The van der Waals surface area contributed by atoms with E-state index < -0.39 is 11.7 Å². The molecule has 1 aliphatic carbocycles. The van der Waals surface area contributed by atoms with Crippen molar-refractivity contribution in [3.8, 4) is 0 Å². The molecule has 0 bridgehead atoms. The Morgan fingerprint density at radius 1 is 1.32 bits per heavy atom. The number of benzene rings is 1. The van der Waals surface area contributed by atoms with Crippen LogP contribution in [0.4, 0.5) is 18.9 Å². The van der Waals surface area contributed by atoms with Crippen molar-refractivity contribution < 1.29 is 13.2 Å². The first-order valence-electron chi connectivity index (χ1n) is 6.58. The molecule has 2 N–H and O–H groups in total. The van der Waals surface area contributed by atoms with Gasteiger partial charge in [-0.1, -0.05) is 13.0 Å². The number of hydrogen-bond donors (Lipinski definition) is 1. The highest BCUT2D eigenvalue weighted by Crippen LogP contribution is 2.35. The molecule has 1 aromatic carbocycles. The average Bonchev–Trinajstić information content (AvgIpc) is 3.13. The highest BCUT2D eigenvalue weighted by atomic mass is 19.4. The van der Waals surface area contributed by atoms with E-state index in [9.17, 15) is 13.2 Å². The average molecular weight is 272 g/mol. The molecular weight excluding hydrogens is 253 g/mol. The van der Waals surface area contributed by atoms with Crippen molar-refractivity contribution in [2.45, 2.75) is 32.5 Å². The fraction of sp³-hybridized carbons (Fsp3) is 0.571. The summed E-state index contributed by atoms with van der Waals surface area (Å²) in [7, 11) is 0. The zero-order valence-corrected chi connectivity index (χ0v) is 11.0. The number of nitrogens with two attached hydrogens (primary N) is 1. The molecule has 0 radical (unpaired) electrons. The predicted octanol–water partition coefficient (Wildman–Crippen LogP) is 3.52. The Balaban J connectivity index is 2.17. The Kier molecular flexibility index (Phi) is 4.04. The molecule has 2 rings (SSSR count). The van der Waals surface area contributed by atoms with Crippen LogP contribution >= 0.6 is 0 Å². The number of rotatable bonds is 5. The van der Waals surface area contributed by atoms with Crippen LogP contribution < -0.4 is 5.73 Å². The normalized spacial score (nSPS) is 16.1. The van der Waals surface area contributed by atoms with Crippen molar-refractivity contribution in [2.75, 3.05) is 18.8 Å². The number of nitrogen functional groups attached to an aromatic ring is 1. The van der Waals surface area contributed by atoms with Gasteiger partial charge in [-0.2, -0.15) is 13.2 Å². The van der Waals surface area contributed by atoms with Gasteiger partial charge >= 0.3 is 6.18 Å². The number of anilines is 1. The van der Waals surface area contributed by atoms with Crippen LogP contribution in [0.25, 0.3) is 0 Å². The summed E-state index contributed by atoms with van der Waals surface area (Å²) in [6, 6.07) is 4.06. The summed E-state index contributed by atoms with van der Waals surface area (Å²) in [5.74, 6) is 0.670. The second-order valence-electron chi connectivity index (χ2n) is 5.19.